The maximum atomic E-state index is 13.6. The van der Waals surface area contributed by atoms with Gasteiger partial charge in [-0.3, -0.25) is 14.8 Å². The average molecular weight is 550 g/mol. The van der Waals surface area contributed by atoms with Crippen LogP contribution in [-0.4, -0.2) is 51.0 Å². The SMILES string of the molecule is CCOc1cncc(-c2ccc(CC(=O)C(C)(C)c3cc(C(F)(F)F)nc(CS(=O)(=O)C4CC4)n3)nc2)n1. The van der Waals surface area contributed by atoms with Crippen LogP contribution in [0.4, 0.5) is 13.2 Å². The highest BCUT2D eigenvalue weighted by Gasteiger charge is 2.40. The van der Waals surface area contributed by atoms with Crippen molar-refractivity contribution in [2.24, 2.45) is 0 Å². The van der Waals surface area contributed by atoms with Crippen molar-refractivity contribution in [2.45, 2.75) is 62.6 Å². The molecule has 1 aliphatic carbocycles. The molecule has 0 radical (unpaired) electrons. The molecule has 0 spiro atoms. The zero-order valence-electron chi connectivity index (χ0n) is 21.0. The first-order valence-corrected chi connectivity index (χ1v) is 13.6. The Morgan fingerprint density at radius 1 is 1.05 bits per heavy atom. The van der Waals surface area contributed by atoms with Crippen LogP contribution in [-0.2, 0) is 38.4 Å². The Hall–Kier alpha value is -3.48. The number of rotatable bonds is 10. The van der Waals surface area contributed by atoms with Gasteiger partial charge in [0.2, 0.25) is 5.88 Å². The van der Waals surface area contributed by atoms with Gasteiger partial charge in [0.15, 0.2) is 9.84 Å². The number of halogens is 3. The second-order valence-electron chi connectivity index (χ2n) is 9.50. The molecule has 202 valence electrons. The van der Waals surface area contributed by atoms with E-state index < -0.39 is 49.7 Å². The molecule has 1 saturated carbocycles. The second kappa shape index (κ2) is 10.4. The molecule has 0 aromatic carbocycles. The van der Waals surface area contributed by atoms with Crippen LogP contribution in [0.1, 0.15) is 56.5 Å². The zero-order valence-corrected chi connectivity index (χ0v) is 21.8. The molecule has 4 rings (SSSR count). The van der Waals surface area contributed by atoms with Gasteiger partial charge in [0.25, 0.3) is 0 Å². The van der Waals surface area contributed by atoms with Crippen molar-refractivity contribution in [1.29, 1.82) is 0 Å². The fraction of sp³-hybridized carbons (Fsp3) is 0.440. The lowest BCUT2D eigenvalue weighted by atomic mass is 9.82. The summed E-state index contributed by atoms with van der Waals surface area (Å²) in [5.74, 6) is -1.27. The van der Waals surface area contributed by atoms with Crippen molar-refractivity contribution in [2.75, 3.05) is 6.61 Å². The first-order valence-electron chi connectivity index (χ1n) is 11.9. The van der Waals surface area contributed by atoms with Crippen LogP contribution in [0.2, 0.25) is 0 Å². The number of carbonyl (C=O) groups is 1. The molecule has 3 aromatic rings. The Labute approximate surface area is 217 Å². The largest absolute Gasteiger partial charge is 0.477 e. The predicted octanol–water partition coefficient (Wildman–Crippen LogP) is 3.91. The maximum absolute atomic E-state index is 13.6. The van der Waals surface area contributed by atoms with Crippen molar-refractivity contribution in [3.05, 3.63) is 59.7 Å². The third kappa shape index (κ3) is 6.32. The number of ether oxygens (including phenoxy) is 1. The van der Waals surface area contributed by atoms with E-state index in [-0.39, 0.29) is 12.1 Å². The van der Waals surface area contributed by atoms with Crippen LogP contribution in [0, 0.1) is 0 Å². The number of Topliss-reactive ketones (excluding diaryl/α,β-unsaturated/α-hetero) is 1. The molecule has 0 amide bonds. The fourth-order valence-electron chi connectivity index (χ4n) is 3.67. The number of hydrogen-bond donors (Lipinski definition) is 0. The third-order valence-corrected chi connectivity index (χ3v) is 8.28. The third-order valence-electron chi connectivity index (χ3n) is 6.13. The summed E-state index contributed by atoms with van der Waals surface area (Å²) in [4.78, 5) is 33.5. The zero-order chi connectivity index (χ0) is 27.7. The van der Waals surface area contributed by atoms with E-state index in [1.165, 1.54) is 26.2 Å². The summed E-state index contributed by atoms with van der Waals surface area (Å²) >= 11 is 0. The fourth-order valence-corrected chi connectivity index (χ4v) is 5.24. The second-order valence-corrected chi connectivity index (χ2v) is 11.8. The lowest BCUT2D eigenvalue weighted by Gasteiger charge is -2.24. The Balaban J connectivity index is 1.57. The van der Waals surface area contributed by atoms with E-state index in [0.717, 1.165) is 0 Å². The van der Waals surface area contributed by atoms with E-state index in [2.05, 4.69) is 24.9 Å². The van der Waals surface area contributed by atoms with E-state index in [1.54, 1.807) is 18.3 Å². The molecule has 1 aliphatic rings. The smallest absolute Gasteiger partial charge is 0.433 e. The normalized spacial score (nSPS) is 14.4. The van der Waals surface area contributed by atoms with Gasteiger partial charge in [-0.15, -0.1) is 0 Å². The predicted molar refractivity (Wildman–Crippen MR) is 131 cm³/mol. The number of nitrogens with zero attached hydrogens (tertiary/aromatic N) is 5. The molecule has 38 heavy (non-hydrogen) atoms. The number of pyridine rings is 1. The van der Waals surface area contributed by atoms with Gasteiger partial charge in [0.1, 0.15) is 23.1 Å². The molecule has 0 bridgehead atoms. The van der Waals surface area contributed by atoms with Gasteiger partial charge in [-0.05, 0) is 51.8 Å². The highest BCUT2D eigenvalue weighted by atomic mass is 32.2. The molecule has 3 heterocycles. The van der Waals surface area contributed by atoms with E-state index >= 15 is 0 Å². The number of alkyl halides is 3. The van der Waals surface area contributed by atoms with Crippen molar-refractivity contribution in [3.63, 3.8) is 0 Å². The van der Waals surface area contributed by atoms with Crippen LogP contribution < -0.4 is 4.74 Å². The van der Waals surface area contributed by atoms with E-state index in [0.29, 0.717) is 48.3 Å². The molecule has 0 saturated heterocycles. The van der Waals surface area contributed by atoms with Gasteiger partial charge in [0, 0.05) is 23.9 Å². The maximum Gasteiger partial charge on any atom is 0.433 e. The van der Waals surface area contributed by atoms with Gasteiger partial charge in [-0.1, -0.05) is 0 Å². The van der Waals surface area contributed by atoms with Crippen LogP contribution in [0.3, 0.4) is 0 Å². The summed E-state index contributed by atoms with van der Waals surface area (Å²) in [5, 5.41) is -0.583. The van der Waals surface area contributed by atoms with E-state index in [9.17, 15) is 26.4 Å². The standard InChI is InChI=1S/C25H26F3N5O4S/c1-4-37-23-13-29-12-18(31-23)15-5-6-16(30-11-15)9-21(34)24(2,3)19-10-20(25(26,27)28)33-22(32-19)14-38(35,36)17-7-8-17/h5-6,10-13,17H,4,7-9,14H2,1-3H3. The van der Waals surface area contributed by atoms with Crippen molar-refractivity contribution in [1.82, 2.24) is 24.9 Å². The quantitative estimate of drug-likeness (QED) is 0.370. The van der Waals surface area contributed by atoms with Gasteiger partial charge in [-0.25, -0.2) is 23.4 Å². The summed E-state index contributed by atoms with van der Waals surface area (Å²) in [6.07, 6.45) is 0.459. The Morgan fingerprint density at radius 3 is 2.37 bits per heavy atom. The number of carbonyl (C=O) groups excluding carboxylic acids is 1. The number of hydrogen-bond acceptors (Lipinski definition) is 9. The Bertz CT molecular complexity index is 1440. The number of ketones is 1. The number of sulfone groups is 1. The molecular formula is C25H26F3N5O4S. The van der Waals surface area contributed by atoms with E-state index in [1.807, 2.05) is 6.92 Å². The average Bonchev–Trinajstić information content (AvgIpc) is 3.70. The lowest BCUT2D eigenvalue weighted by Crippen LogP contribution is -2.33. The van der Waals surface area contributed by atoms with Gasteiger partial charge >= 0.3 is 6.18 Å². The summed E-state index contributed by atoms with van der Waals surface area (Å²) in [6.45, 7) is 5.15. The van der Waals surface area contributed by atoms with Gasteiger partial charge in [0.05, 0.1) is 41.1 Å². The van der Waals surface area contributed by atoms with Crippen molar-refractivity contribution >= 4 is 15.6 Å². The molecule has 1 fully saturated rings. The molecule has 0 N–H and O–H groups in total. The summed E-state index contributed by atoms with van der Waals surface area (Å²) in [5.41, 5.74) is -1.41. The molecule has 0 aliphatic heterocycles. The highest BCUT2D eigenvalue weighted by Crippen LogP contribution is 2.34. The molecule has 0 unspecified atom stereocenters. The van der Waals surface area contributed by atoms with Crippen LogP contribution >= 0.6 is 0 Å². The molecule has 13 heteroatoms. The monoisotopic (exact) mass is 549 g/mol. The van der Waals surface area contributed by atoms with Crippen molar-refractivity contribution < 1.29 is 31.1 Å². The number of aromatic nitrogens is 5. The minimum absolute atomic E-state index is 0.182. The molecular weight excluding hydrogens is 523 g/mol. The molecule has 9 nitrogen and oxygen atoms in total. The minimum atomic E-state index is -4.84. The first-order chi connectivity index (χ1) is 17.8. The summed E-state index contributed by atoms with van der Waals surface area (Å²) < 4.78 is 70.9. The van der Waals surface area contributed by atoms with Crippen LogP contribution in [0.25, 0.3) is 11.3 Å². The van der Waals surface area contributed by atoms with Crippen LogP contribution in [0.15, 0.2) is 36.8 Å². The lowest BCUT2D eigenvalue weighted by molar-refractivity contribution is -0.141. The first kappa shape index (κ1) is 27.6. The summed E-state index contributed by atoms with van der Waals surface area (Å²) in [7, 11) is -3.67. The topological polar surface area (TPSA) is 125 Å². The van der Waals surface area contributed by atoms with E-state index in [4.69, 9.17) is 4.74 Å². The Kier molecular flexibility index (Phi) is 7.51. The molecule has 3 aromatic heterocycles. The minimum Gasteiger partial charge on any atom is -0.477 e. The molecule has 0 atom stereocenters. The summed E-state index contributed by atoms with van der Waals surface area (Å²) in [6, 6.07) is 4.02. The van der Waals surface area contributed by atoms with Crippen LogP contribution in [0.5, 0.6) is 5.88 Å². The van der Waals surface area contributed by atoms with Gasteiger partial charge < -0.3 is 4.74 Å². The van der Waals surface area contributed by atoms with Crippen molar-refractivity contribution in [3.8, 4) is 17.1 Å². The Morgan fingerprint density at radius 2 is 1.76 bits per heavy atom. The van der Waals surface area contributed by atoms with Gasteiger partial charge in [-0.2, -0.15) is 13.2 Å². The highest BCUT2D eigenvalue weighted by molar-refractivity contribution is 7.91.